The molecule has 66 heavy (non-hydrogen) atoms. The first kappa shape index (κ1) is 44.5. The van der Waals surface area contributed by atoms with E-state index in [1.807, 2.05) is 153 Å². The lowest BCUT2D eigenvalue weighted by molar-refractivity contribution is 0.315. The van der Waals surface area contributed by atoms with Gasteiger partial charge in [0, 0.05) is 22.3 Å². The maximum absolute atomic E-state index is 12.5. The largest absolute Gasteiger partial charge is 0.507 e. The molecule has 0 radical (unpaired) electrons. The Morgan fingerprint density at radius 1 is 0.742 bits per heavy atom. The van der Waals surface area contributed by atoms with Gasteiger partial charge in [0.15, 0.2) is 28.8 Å². The summed E-state index contributed by atoms with van der Waals surface area (Å²) in [6.45, 7) is 10.0. The van der Waals surface area contributed by atoms with E-state index in [4.69, 9.17) is 0 Å². The number of aliphatic hydroxyl groups excluding tert-OH is 3. The number of anilines is 1. The van der Waals surface area contributed by atoms with Crippen molar-refractivity contribution in [2.75, 3.05) is 4.90 Å². The zero-order valence-electron chi connectivity index (χ0n) is 37.1. The van der Waals surface area contributed by atoms with Gasteiger partial charge in [-0.05, 0) is 101 Å². The van der Waals surface area contributed by atoms with Crippen LogP contribution in [-0.2, 0) is 11.8 Å². The topological polar surface area (TPSA) is 145 Å². The third kappa shape index (κ3) is 7.91. The molecule has 6 aromatic carbocycles. The first-order chi connectivity index (χ1) is 31.9. The Morgan fingerprint density at radius 3 is 2.09 bits per heavy atom. The lowest BCUT2D eigenvalue weighted by Crippen LogP contribution is -2.31. The zero-order chi connectivity index (χ0) is 46.7. The Balaban J connectivity index is 1.41. The minimum Gasteiger partial charge on any atom is -0.507 e. The molecule has 0 saturated heterocycles. The summed E-state index contributed by atoms with van der Waals surface area (Å²) in [5, 5.41) is 88.1. The van der Waals surface area contributed by atoms with E-state index in [1.165, 1.54) is 6.92 Å². The summed E-state index contributed by atoms with van der Waals surface area (Å²) in [7, 11) is 0. The van der Waals surface area contributed by atoms with Crippen LogP contribution in [0.25, 0.3) is 32.7 Å². The lowest BCUT2D eigenvalue weighted by atomic mass is 9.65. The predicted octanol–water partition coefficient (Wildman–Crippen LogP) is 14.0. The van der Waals surface area contributed by atoms with Crippen molar-refractivity contribution in [3.63, 3.8) is 0 Å². The van der Waals surface area contributed by atoms with E-state index in [1.54, 1.807) is 24.3 Å². The number of hydrogen-bond acceptors (Lipinski definition) is 8. The molecule has 8 heteroatoms. The van der Waals surface area contributed by atoms with E-state index in [0.29, 0.717) is 29.4 Å². The van der Waals surface area contributed by atoms with Gasteiger partial charge in [0.05, 0.1) is 5.56 Å². The van der Waals surface area contributed by atoms with E-state index >= 15 is 0 Å². The maximum atomic E-state index is 12.5. The van der Waals surface area contributed by atoms with Crippen molar-refractivity contribution in [3.05, 3.63) is 233 Å². The number of fused-ring (bicyclic) bond motifs is 4. The molecule has 8 rings (SSSR count). The van der Waals surface area contributed by atoms with Crippen LogP contribution in [-0.4, -0.2) is 35.7 Å². The molecular weight excluding hydrogens is 823 g/mol. The average molecular weight is 876 g/mol. The molecule has 6 aromatic rings. The number of rotatable bonds is 10. The highest BCUT2D eigenvalue weighted by atomic mass is 16.3. The molecule has 0 spiro atoms. The number of phenols is 4. The van der Waals surface area contributed by atoms with Gasteiger partial charge >= 0.3 is 0 Å². The standard InChI is InChI=1S/C58H53NO7/c1-5-6-8-18-37(3)58(42-22-9-7-10-23-42)34-33-43(24-17-21-39-19-12-16-28-48(39)58)59(57(66)52(61)38(4)51(60)40-31-29-36(2)30-32-40)50-55(64)53(62)49(54(63)56(50)65)47-35-41-20-11-13-25-44(41)45-26-14-15-27-46(45)47/h5-20,22-29,31-33,35-36,60-66H,3,21,30,34H2,1-2,4H3/b6-5-,18-8-,24-17-,43-33+,51-38-,57-52+. The van der Waals surface area contributed by atoms with Crippen LogP contribution in [0, 0.1) is 5.92 Å². The summed E-state index contributed by atoms with van der Waals surface area (Å²) in [6, 6.07) is 34.8. The number of hydrogen-bond donors (Lipinski definition) is 7. The minimum atomic E-state index is -0.930. The number of phenolic OH excluding ortho intramolecular Hbond substituents is 4. The second kappa shape index (κ2) is 18.6. The minimum absolute atomic E-state index is 0.115. The van der Waals surface area contributed by atoms with Gasteiger partial charge in [-0.15, -0.1) is 0 Å². The first-order valence-corrected chi connectivity index (χ1v) is 22.0. The molecule has 0 amide bonds. The normalized spacial score (nSPS) is 19.5. The van der Waals surface area contributed by atoms with Crippen molar-refractivity contribution in [1.29, 1.82) is 0 Å². The van der Waals surface area contributed by atoms with Crippen molar-refractivity contribution in [3.8, 4) is 34.1 Å². The number of benzene rings is 6. The van der Waals surface area contributed by atoms with E-state index in [9.17, 15) is 35.7 Å². The molecule has 0 saturated carbocycles. The monoisotopic (exact) mass is 875 g/mol. The molecule has 2 aliphatic rings. The zero-order valence-corrected chi connectivity index (χ0v) is 37.1. The van der Waals surface area contributed by atoms with Crippen molar-refractivity contribution >= 4 is 27.2 Å². The third-order valence-corrected chi connectivity index (χ3v) is 12.7. The Bertz CT molecular complexity index is 3120. The van der Waals surface area contributed by atoms with Crippen molar-refractivity contribution < 1.29 is 35.7 Å². The molecular formula is C58H53NO7. The fourth-order valence-corrected chi connectivity index (χ4v) is 9.21. The van der Waals surface area contributed by atoms with Crippen LogP contribution >= 0.6 is 0 Å². The Morgan fingerprint density at radius 2 is 1.39 bits per heavy atom. The van der Waals surface area contributed by atoms with Gasteiger partial charge < -0.3 is 35.7 Å². The van der Waals surface area contributed by atoms with Crippen LogP contribution in [0.5, 0.6) is 23.0 Å². The molecule has 2 aliphatic carbocycles. The van der Waals surface area contributed by atoms with Crippen molar-refractivity contribution in [2.45, 2.75) is 45.4 Å². The second-order valence-corrected chi connectivity index (χ2v) is 16.8. The highest BCUT2D eigenvalue weighted by molar-refractivity contribution is 6.15. The molecule has 2 unspecified atom stereocenters. The van der Waals surface area contributed by atoms with E-state index in [0.717, 1.165) is 43.3 Å². The number of aliphatic hydroxyl groups is 3. The van der Waals surface area contributed by atoms with E-state index in [2.05, 4.69) is 12.6 Å². The molecule has 332 valence electrons. The Labute approximate surface area is 385 Å². The number of aromatic hydroxyl groups is 4. The first-order valence-electron chi connectivity index (χ1n) is 22.0. The fourth-order valence-electron chi connectivity index (χ4n) is 9.21. The highest BCUT2D eigenvalue weighted by Crippen LogP contribution is 2.58. The summed E-state index contributed by atoms with van der Waals surface area (Å²) >= 11 is 0. The third-order valence-electron chi connectivity index (χ3n) is 12.7. The van der Waals surface area contributed by atoms with Crippen molar-refractivity contribution in [1.82, 2.24) is 0 Å². The molecule has 0 aromatic heterocycles. The summed E-state index contributed by atoms with van der Waals surface area (Å²) in [6.07, 6.45) is 19.7. The average Bonchev–Trinajstić information content (AvgIpc) is 3.42. The van der Waals surface area contributed by atoms with Gasteiger partial charge in [0.25, 0.3) is 0 Å². The Hall–Kier alpha value is -8.10. The van der Waals surface area contributed by atoms with Crippen LogP contribution < -0.4 is 4.90 Å². The van der Waals surface area contributed by atoms with Crippen LogP contribution in [0.15, 0.2) is 216 Å². The Kier molecular flexibility index (Phi) is 12.5. The summed E-state index contributed by atoms with van der Waals surface area (Å²) in [5.74, 6) is -5.18. The van der Waals surface area contributed by atoms with Crippen LogP contribution in [0.4, 0.5) is 5.69 Å². The van der Waals surface area contributed by atoms with Gasteiger partial charge in [0.1, 0.15) is 11.4 Å². The van der Waals surface area contributed by atoms with E-state index < -0.39 is 45.7 Å². The van der Waals surface area contributed by atoms with Crippen LogP contribution in [0.2, 0.25) is 0 Å². The van der Waals surface area contributed by atoms with Gasteiger partial charge in [-0.25, -0.2) is 0 Å². The molecule has 7 N–H and O–H groups in total. The van der Waals surface area contributed by atoms with Crippen LogP contribution in [0.3, 0.4) is 0 Å². The molecule has 0 heterocycles. The molecule has 0 aliphatic heterocycles. The number of allylic oxidation sites excluding steroid dienone is 12. The van der Waals surface area contributed by atoms with Crippen LogP contribution in [0.1, 0.15) is 50.3 Å². The molecule has 0 fully saturated rings. The SMILES string of the molecule is C=C(/C=C\C=C/C)C1(c2ccccc2)C/C=C(N(/C(O)=C(O)/C(C)=C(\O)C2=CCC(C)C=C2)c2c(O)c(O)c(-c3cc4ccccc4c4ccccc34)c(O)c2O)\C=C/Cc2ccccc21. The molecule has 0 bridgehead atoms. The summed E-state index contributed by atoms with van der Waals surface area (Å²) < 4.78 is 0. The van der Waals surface area contributed by atoms with E-state index in [-0.39, 0.29) is 34.9 Å². The van der Waals surface area contributed by atoms with Gasteiger partial charge in [0.2, 0.25) is 5.88 Å². The molecule has 2 atom stereocenters. The number of nitrogens with zero attached hydrogens (tertiary/aromatic N) is 1. The smallest absolute Gasteiger partial charge is 0.240 e. The van der Waals surface area contributed by atoms with Gasteiger partial charge in [-0.3, -0.25) is 4.90 Å². The predicted molar refractivity (Wildman–Crippen MR) is 267 cm³/mol. The van der Waals surface area contributed by atoms with Gasteiger partial charge in [-0.1, -0.05) is 171 Å². The lowest BCUT2D eigenvalue weighted by Gasteiger charge is -2.37. The van der Waals surface area contributed by atoms with Gasteiger partial charge in [-0.2, -0.15) is 0 Å². The maximum Gasteiger partial charge on any atom is 0.240 e. The highest BCUT2D eigenvalue weighted by Gasteiger charge is 2.39. The quantitative estimate of drug-likeness (QED) is 0.0237. The fraction of sp³-hybridized carbons (Fsp3) is 0.138. The van der Waals surface area contributed by atoms with Crippen molar-refractivity contribution in [2.24, 2.45) is 5.92 Å². The summed E-state index contributed by atoms with van der Waals surface area (Å²) in [4.78, 5) is 0.978. The second-order valence-electron chi connectivity index (χ2n) is 16.8. The summed E-state index contributed by atoms with van der Waals surface area (Å²) in [5.41, 5.74) is 2.58. The molecule has 8 nitrogen and oxygen atoms in total.